The first kappa shape index (κ1) is 14.3. The molecule has 0 saturated carbocycles. The van der Waals surface area contributed by atoms with Crippen LogP contribution in [-0.4, -0.2) is 23.1 Å². The first-order valence-electron chi connectivity index (χ1n) is 7.23. The topological polar surface area (TPSA) is 41.1 Å². The average molecular weight is 270 g/mol. The molecule has 20 heavy (non-hydrogen) atoms. The number of nitrogens with zero attached hydrogens (tertiary/aromatic N) is 3. The molecule has 0 spiro atoms. The van der Waals surface area contributed by atoms with Gasteiger partial charge in [-0.15, -0.1) is 0 Å². The fourth-order valence-corrected chi connectivity index (χ4v) is 2.09. The number of benzene rings is 1. The largest absolute Gasteiger partial charge is 0.341 e. The summed E-state index contributed by atoms with van der Waals surface area (Å²) in [7, 11) is 0. The molecule has 0 aliphatic carbocycles. The summed E-state index contributed by atoms with van der Waals surface area (Å²) in [6.07, 6.45) is 4.01. The molecule has 2 rings (SSSR count). The van der Waals surface area contributed by atoms with Crippen molar-refractivity contribution in [2.45, 2.75) is 26.7 Å². The van der Waals surface area contributed by atoms with Gasteiger partial charge in [-0.1, -0.05) is 32.0 Å². The number of para-hydroxylation sites is 1. The quantitative estimate of drug-likeness (QED) is 0.829. The highest BCUT2D eigenvalue weighted by atomic mass is 15.3. The first-order valence-corrected chi connectivity index (χ1v) is 7.23. The molecule has 1 aromatic carbocycles. The molecule has 0 radical (unpaired) electrons. The van der Waals surface area contributed by atoms with Gasteiger partial charge in [-0.3, -0.25) is 0 Å². The Balaban J connectivity index is 2.14. The van der Waals surface area contributed by atoms with Gasteiger partial charge in [0.25, 0.3) is 0 Å². The van der Waals surface area contributed by atoms with Gasteiger partial charge in [0, 0.05) is 25.0 Å². The molecule has 2 aromatic rings. The van der Waals surface area contributed by atoms with Crippen LogP contribution in [0.25, 0.3) is 0 Å². The number of aromatic nitrogens is 2. The van der Waals surface area contributed by atoms with Crippen molar-refractivity contribution >= 4 is 17.5 Å². The van der Waals surface area contributed by atoms with Gasteiger partial charge in [0.15, 0.2) is 0 Å². The molecule has 0 aliphatic heterocycles. The Morgan fingerprint density at radius 2 is 1.70 bits per heavy atom. The number of nitrogens with one attached hydrogen (secondary N) is 1. The summed E-state index contributed by atoms with van der Waals surface area (Å²) >= 11 is 0. The summed E-state index contributed by atoms with van der Waals surface area (Å²) < 4.78 is 0. The van der Waals surface area contributed by atoms with Gasteiger partial charge < -0.3 is 10.2 Å². The minimum absolute atomic E-state index is 0.801. The van der Waals surface area contributed by atoms with E-state index in [2.05, 4.69) is 34.0 Å². The fraction of sp³-hybridized carbons (Fsp3) is 0.375. The number of hydrogen-bond acceptors (Lipinski definition) is 4. The number of hydrogen-bond donors (Lipinski definition) is 1. The number of rotatable bonds is 7. The summed E-state index contributed by atoms with van der Waals surface area (Å²) in [5.74, 6) is 1.63. The molecular weight excluding hydrogens is 248 g/mol. The normalized spacial score (nSPS) is 10.3. The first-order chi connectivity index (χ1) is 9.83. The molecule has 0 saturated heterocycles. The molecule has 106 valence electrons. The van der Waals surface area contributed by atoms with Crippen molar-refractivity contribution in [3.63, 3.8) is 0 Å². The van der Waals surface area contributed by atoms with Crippen molar-refractivity contribution in [1.29, 1.82) is 0 Å². The maximum atomic E-state index is 4.61. The van der Waals surface area contributed by atoms with E-state index >= 15 is 0 Å². The second kappa shape index (κ2) is 7.48. The van der Waals surface area contributed by atoms with E-state index in [-0.39, 0.29) is 0 Å². The van der Waals surface area contributed by atoms with E-state index in [1.165, 1.54) is 0 Å². The third kappa shape index (κ3) is 3.95. The summed E-state index contributed by atoms with van der Waals surface area (Å²) in [5.41, 5.74) is 1.04. The van der Waals surface area contributed by atoms with Crippen molar-refractivity contribution < 1.29 is 0 Å². The molecule has 0 aliphatic rings. The summed E-state index contributed by atoms with van der Waals surface area (Å²) in [6, 6.07) is 12.0. The SMILES string of the molecule is CCCN(CCC)c1nccc(Nc2ccccc2)n1. The minimum Gasteiger partial charge on any atom is -0.341 e. The van der Waals surface area contributed by atoms with E-state index in [4.69, 9.17) is 0 Å². The molecule has 0 amide bonds. The van der Waals surface area contributed by atoms with Gasteiger partial charge in [-0.05, 0) is 31.0 Å². The lowest BCUT2D eigenvalue weighted by Crippen LogP contribution is -2.26. The Kier molecular flexibility index (Phi) is 5.35. The molecule has 1 N–H and O–H groups in total. The van der Waals surface area contributed by atoms with Crippen LogP contribution in [0, 0.1) is 0 Å². The second-order valence-corrected chi connectivity index (χ2v) is 4.72. The van der Waals surface area contributed by atoms with Gasteiger partial charge in [-0.2, -0.15) is 4.98 Å². The smallest absolute Gasteiger partial charge is 0.227 e. The highest BCUT2D eigenvalue weighted by molar-refractivity contribution is 5.56. The summed E-state index contributed by atoms with van der Waals surface area (Å²) in [5, 5.41) is 3.31. The molecule has 0 bridgehead atoms. The summed E-state index contributed by atoms with van der Waals surface area (Å²) in [4.78, 5) is 11.2. The van der Waals surface area contributed by atoms with Gasteiger partial charge in [0.05, 0.1) is 0 Å². The molecule has 0 fully saturated rings. The van der Waals surface area contributed by atoms with Crippen molar-refractivity contribution in [2.75, 3.05) is 23.3 Å². The lowest BCUT2D eigenvalue weighted by molar-refractivity contribution is 0.722. The van der Waals surface area contributed by atoms with Crippen LogP contribution in [0.5, 0.6) is 0 Å². The van der Waals surface area contributed by atoms with Crippen LogP contribution in [0.15, 0.2) is 42.6 Å². The Labute approximate surface area is 120 Å². The van der Waals surface area contributed by atoms with Crippen molar-refractivity contribution in [1.82, 2.24) is 9.97 Å². The van der Waals surface area contributed by atoms with Crippen molar-refractivity contribution in [2.24, 2.45) is 0 Å². The van der Waals surface area contributed by atoms with E-state index in [0.717, 1.165) is 43.4 Å². The van der Waals surface area contributed by atoms with E-state index in [9.17, 15) is 0 Å². The predicted octanol–water partition coefficient (Wildman–Crippen LogP) is 3.85. The zero-order chi connectivity index (χ0) is 14.2. The standard InChI is InChI=1S/C16H22N4/c1-3-12-20(13-4-2)16-17-11-10-15(19-16)18-14-8-6-5-7-9-14/h5-11H,3-4,12-13H2,1-2H3,(H,17,18,19). The highest BCUT2D eigenvalue weighted by Crippen LogP contribution is 2.16. The van der Waals surface area contributed by atoms with Crippen LogP contribution in [0.2, 0.25) is 0 Å². The van der Waals surface area contributed by atoms with Crippen LogP contribution in [0.1, 0.15) is 26.7 Å². The van der Waals surface area contributed by atoms with Crippen molar-refractivity contribution in [3.05, 3.63) is 42.6 Å². The van der Waals surface area contributed by atoms with Gasteiger partial charge in [0.1, 0.15) is 5.82 Å². The van der Waals surface area contributed by atoms with Gasteiger partial charge in [0.2, 0.25) is 5.95 Å². The van der Waals surface area contributed by atoms with Crippen LogP contribution < -0.4 is 10.2 Å². The average Bonchev–Trinajstić information content (AvgIpc) is 2.48. The third-order valence-electron chi connectivity index (χ3n) is 2.96. The van der Waals surface area contributed by atoms with Crippen LogP contribution in [0.3, 0.4) is 0 Å². The highest BCUT2D eigenvalue weighted by Gasteiger charge is 2.08. The number of anilines is 3. The van der Waals surface area contributed by atoms with Crippen LogP contribution >= 0.6 is 0 Å². The predicted molar refractivity (Wildman–Crippen MR) is 84.6 cm³/mol. The molecule has 4 nitrogen and oxygen atoms in total. The van der Waals surface area contributed by atoms with Gasteiger partial charge in [-0.25, -0.2) is 4.98 Å². The Bertz CT molecular complexity index is 507. The van der Waals surface area contributed by atoms with Crippen molar-refractivity contribution in [3.8, 4) is 0 Å². The Morgan fingerprint density at radius 1 is 1.00 bits per heavy atom. The monoisotopic (exact) mass is 270 g/mol. The minimum atomic E-state index is 0.801. The Hall–Kier alpha value is -2.10. The molecular formula is C16H22N4. The lowest BCUT2D eigenvalue weighted by Gasteiger charge is -2.21. The van der Waals surface area contributed by atoms with Gasteiger partial charge >= 0.3 is 0 Å². The molecule has 1 heterocycles. The molecule has 1 aromatic heterocycles. The van der Waals surface area contributed by atoms with E-state index in [1.54, 1.807) is 0 Å². The second-order valence-electron chi connectivity index (χ2n) is 4.72. The van der Waals surface area contributed by atoms with E-state index in [1.807, 2.05) is 42.6 Å². The zero-order valence-electron chi connectivity index (χ0n) is 12.2. The van der Waals surface area contributed by atoms with Crippen LogP contribution in [-0.2, 0) is 0 Å². The summed E-state index contributed by atoms with van der Waals surface area (Å²) in [6.45, 7) is 6.33. The van der Waals surface area contributed by atoms with E-state index in [0.29, 0.717) is 0 Å². The lowest BCUT2D eigenvalue weighted by atomic mass is 10.3. The molecule has 0 atom stereocenters. The molecule has 0 unspecified atom stereocenters. The third-order valence-corrected chi connectivity index (χ3v) is 2.96. The maximum absolute atomic E-state index is 4.61. The zero-order valence-corrected chi connectivity index (χ0v) is 12.2. The van der Waals surface area contributed by atoms with E-state index < -0.39 is 0 Å². The maximum Gasteiger partial charge on any atom is 0.227 e. The van der Waals surface area contributed by atoms with Crippen LogP contribution in [0.4, 0.5) is 17.5 Å². The Morgan fingerprint density at radius 3 is 2.35 bits per heavy atom. The molecule has 4 heteroatoms. The fourth-order valence-electron chi connectivity index (χ4n) is 2.09.